The summed E-state index contributed by atoms with van der Waals surface area (Å²) in [4.78, 5) is 13.1. The lowest BCUT2D eigenvalue weighted by atomic mass is 10.1. The number of carbonyl (C=O) groups excluding carboxylic acids is 1. The number of halogens is 1. The number of hydrogen-bond acceptors (Lipinski definition) is 4. The number of sulfonamides is 1. The molecule has 29 heavy (non-hydrogen) atoms. The highest BCUT2D eigenvalue weighted by atomic mass is 35.5. The second-order valence-corrected chi connectivity index (χ2v) is 9.16. The SMILES string of the molecule is CC[C@@H](C(=O)N[C@@H](C)c1ccccc1OC)N(c1ccc(C)c(Cl)c1)S(C)(=O)=O. The van der Waals surface area contributed by atoms with Crippen LogP contribution in [-0.4, -0.2) is 33.7 Å². The quantitative estimate of drug-likeness (QED) is 0.673. The van der Waals surface area contributed by atoms with Crippen LogP contribution in [0.25, 0.3) is 0 Å². The Morgan fingerprint density at radius 2 is 1.90 bits per heavy atom. The largest absolute Gasteiger partial charge is 0.496 e. The number of methoxy groups -OCH3 is 1. The van der Waals surface area contributed by atoms with Crippen LogP contribution in [0.2, 0.25) is 5.02 Å². The van der Waals surface area contributed by atoms with Crippen LogP contribution >= 0.6 is 11.6 Å². The number of para-hydroxylation sites is 1. The van der Waals surface area contributed by atoms with Gasteiger partial charge < -0.3 is 10.1 Å². The molecule has 2 aromatic carbocycles. The van der Waals surface area contributed by atoms with Gasteiger partial charge in [0.2, 0.25) is 15.9 Å². The van der Waals surface area contributed by atoms with Gasteiger partial charge >= 0.3 is 0 Å². The van der Waals surface area contributed by atoms with E-state index in [0.717, 1.165) is 21.7 Å². The fourth-order valence-electron chi connectivity index (χ4n) is 3.19. The van der Waals surface area contributed by atoms with E-state index in [-0.39, 0.29) is 6.04 Å². The second kappa shape index (κ2) is 9.50. The molecule has 0 fully saturated rings. The molecule has 0 radical (unpaired) electrons. The lowest BCUT2D eigenvalue weighted by Gasteiger charge is -2.31. The summed E-state index contributed by atoms with van der Waals surface area (Å²) in [5.74, 6) is 0.256. The van der Waals surface area contributed by atoms with Crippen molar-refractivity contribution in [3.05, 3.63) is 58.6 Å². The fourth-order valence-corrected chi connectivity index (χ4v) is 4.57. The van der Waals surface area contributed by atoms with Crippen molar-refractivity contribution < 1.29 is 17.9 Å². The molecule has 0 saturated heterocycles. The van der Waals surface area contributed by atoms with E-state index in [9.17, 15) is 13.2 Å². The van der Waals surface area contributed by atoms with Gasteiger partial charge in [-0.2, -0.15) is 0 Å². The average molecular weight is 439 g/mol. The third-order valence-electron chi connectivity index (χ3n) is 4.70. The molecule has 2 atom stereocenters. The first-order valence-electron chi connectivity index (χ1n) is 9.29. The van der Waals surface area contributed by atoms with Gasteiger partial charge in [0.15, 0.2) is 0 Å². The Kier molecular flexibility index (Phi) is 7.54. The zero-order chi connectivity index (χ0) is 21.8. The lowest BCUT2D eigenvalue weighted by Crippen LogP contribution is -2.49. The number of hydrogen-bond donors (Lipinski definition) is 1. The highest BCUT2D eigenvalue weighted by molar-refractivity contribution is 7.92. The topological polar surface area (TPSA) is 75.7 Å². The van der Waals surface area contributed by atoms with Gasteiger partial charge in [0.25, 0.3) is 0 Å². The molecule has 158 valence electrons. The number of nitrogens with zero attached hydrogens (tertiary/aromatic N) is 1. The summed E-state index contributed by atoms with van der Waals surface area (Å²) in [6, 6.07) is 11.0. The van der Waals surface area contributed by atoms with Gasteiger partial charge in [-0.05, 0) is 44.0 Å². The number of amides is 1. The first-order valence-corrected chi connectivity index (χ1v) is 11.5. The van der Waals surface area contributed by atoms with Crippen molar-refractivity contribution in [3.63, 3.8) is 0 Å². The fraction of sp³-hybridized carbons (Fsp3) is 0.381. The maximum absolute atomic E-state index is 13.1. The molecular formula is C21H27ClN2O4S. The molecule has 1 amide bonds. The van der Waals surface area contributed by atoms with E-state index in [1.807, 2.05) is 38.1 Å². The van der Waals surface area contributed by atoms with Gasteiger partial charge in [0, 0.05) is 10.6 Å². The summed E-state index contributed by atoms with van der Waals surface area (Å²) in [6.07, 6.45) is 1.38. The van der Waals surface area contributed by atoms with Crippen LogP contribution in [0.4, 0.5) is 5.69 Å². The van der Waals surface area contributed by atoms with Gasteiger partial charge in [0.05, 0.1) is 25.1 Å². The minimum atomic E-state index is -3.73. The van der Waals surface area contributed by atoms with Crippen LogP contribution in [0.5, 0.6) is 5.75 Å². The number of aryl methyl sites for hydroxylation is 1. The highest BCUT2D eigenvalue weighted by Crippen LogP contribution is 2.29. The van der Waals surface area contributed by atoms with Crippen molar-refractivity contribution in [1.29, 1.82) is 0 Å². The van der Waals surface area contributed by atoms with E-state index in [1.165, 1.54) is 0 Å². The van der Waals surface area contributed by atoms with E-state index < -0.39 is 22.0 Å². The monoisotopic (exact) mass is 438 g/mol. The molecule has 0 aliphatic heterocycles. The standard InChI is InChI=1S/C21H27ClN2O4S/c1-6-19(21(25)23-15(3)17-9-7-8-10-20(17)28-4)24(29(5,26)27)16-12-11-14(2)18(22)13-16/h7-13,15,19H,6H2,1-5H3,(H,23,25)/t15-,19-/m0/s1. The Hall–Kier alpha value is -2.25. The summed E-state index contributed by atoms with van der Waals surface area (Å²) in [6.45, 7) is 5.43. The van der Waals surface area contributed by atoms with Gasteiger partial charge in [-0.3, -0.25) is 9.10 Å². The molecule has 1 N–H and O–H groups in total. The molecule has 0 aliphatic rings. The summed E-state index contributed by atoms with van der Waals surface area (Å²) >= 11 is 6.20. The third kappa shape index (κ3) is 5.42. The molecule has 6 nitrogen and oxygen atoms in total. The average Bonchev–Trinajstić information content (AvgIpc) is 2.67. The van der Waals surface area contributed by atoms with Crippen LogP contribution < -0.4 is 14.4 Å². The smallest absolute Gasteiger partial charge is 0.244 e. The molecule has 0 aromatic heterocycles. The maximum Gasteiger partial charge on any atom is 0.244 e. The molecule has 2 aromatic rings. The van der Waals surface area contributed by atoms with Crippen LogP contribution in [0.3, 0.4) is 0 Å². The molecule has 2 rings (SSSR count). The molecular weight excluding hydrogens is 412 g/mol. The maximum atomic E-state index is 13.1. The van der Waals surface area contributed by atoms with E-state index in [1.54, 1.807) is 32.2 Å². The van der Waals surface area contributed by atoms with Crippen molar-refractivity contribution in [2.24, 2.45) is 0 Å². The van der Waals surface area contributed by atoms with Crippen molar-refractivity contribution in [1.82, 2.24) is 5.32 Å². The second-order valence-electron chi connectivity index (χ2n) is 6.89. The molecule has 0 bridgehead atoms. The Balaban J connectivity index is 2.36. The first kappa shape index (κ1) is 23.0. The van der Waals surface area contributed by atoms with Crippen molar-refractivity contribution >= 4 is 33.2 Å². The number of anilines is 1. The van der Waals surface area contributed by atoms with E-state index in [2.05, 4.69) is 5.32 Å². The zero-order valence-electron chi connectivity index (χ0n) is 17.3. The first-order chi connectivity index (χ1) is 13.6. The normalized spacial score (nSPS) is 13.4. The molecule has 0 aliphatic carbocycles. The summed E-state index contributed by atoms with van der Waals surface area (Å²) in [5, 5.41) is 3.35. The predicted molar refractivity (Wildman–Crippen MR) is 117 cm³/mol. The zero-order valence-corrected chi connectivity index (χ0v) is 18.8. The Morgan fingerprint density at radius 1 is 1.24 bits per heavy atom. The Bertz CT molecular complexity index is 978. The van der Waals surface area contributed by atoms with Gasteiger partial charge in [-0.1, -0.05) is 42.8 Å². The van der Waals surface area contributed by atoms with Crippen molar-refractivity contribution in [2.45, 2.75) is 39.3 Å². The number of nitrogens with one attached hydrogen (secondary N) is 1. The number of carbonyl (C=O) groups is 1. The molecule has 8 heteroatoms. The Labute approximate surface area is 177 Å². The predicted octanol–water partition coefficient (Wildman–Crippen LogP) is 4.08. The molecule has 0 saturated carbocycles. The van der Waals surface area contributed by atoms with E-state index in [0.29, 0.717) is 22.9 Å². The third-order valence-corrected chi connectivity index (χ3v) is 6.29. The molecule has 0 heterocycles. The lowest BCUT2D eigenvalue weighted by molar-refractivity contribution is -0.122. The number of benzene rings is 2. The minimum Gasteiger partial charge on any atom is -0.496 e. The van der Waals surface area contributed by atoms with Crippen molar-refractivity contribution in [3.8, 4) is 5.75 Å². The molecule has 0 spiro atoms. The summed E-state index contributed by atoms with van der Waals surface area (Å²) in [5.41, 5.74) is 1.99. The van der Waals surface area contributed by atoms with Crippen LogP contribution in [0.15, 0.2) is 42.5 Å². The molecule has 0 unspecified atom stereocenters. The van der Waals surface area contributed by atoms with Gasteiger partial charge in [0.1, 0.15) is 11.8 Å². The van der Waals surface area contributed by atoms with E-state index >= 15 is 0 Å². The Morgan fingerprint density at radius 3 is 2.45 bits per heavy atom. The van der Waals surface area contributed by atoms with E-state index in [4.69, 9.17) is 16.3 Å². The van der Waals surface area contributed by atoms with Crippen LogP contribution in [-0.2, 0) is 14.8 Å². The minimum absolute atomic E-state index is 0.295. The number of rotatable bonds is 8. The summed E-state index contributed by atoms with van der Waals surface area (Å²) in [7, 11) is -2.16. The van der Waals surface area contributed by atoms with Crippen LogP contribution in [0, 0.1) is 6.92 Å². The van der Waals surface area contributed by atoms with Gasteiger partial charge in [-0.15, -0.1) is 0 Å². The summed E-state index contributed by atoms with van der Waals surface area (Å²) < 4.78 is 31.6. The van der Waals surface area contributed by atoms with Gasteiger partial charge in [-0.25, -0.2) is 8.42 Å². The van der Waals surface area contributed by atoms with Crippen LogP contribution in [0.1, 0.15) is 37.4 Å². The van der Waals surface area contributed by atoms with Crippen molar-refractivity contribution in [2.75, 3.05) is 17.7 Å². The number of ether oxygens (including phenoxy) is 1. The highest BCUT2D eigenvalue weighted by Gasteiger charge is 2.32.